The molecule has 100 valence electrons. The summed E-state index contributed by atoms with van der Waals surface area (Å²) < 4.78 is 2.57. The first-order valence-corrected chi connectivity index (χ1v) is 7.41. The largest absolute Gasteiger partial charge is 0.348 e. The van der Waals surface area contributed by atoms with Gasteiger partial charge in [-0.2, -0.15) is 0 Å². The number of rotatable bonds is 2. The number of aryl methyl sites for hydroxylation is 1. The lowest BCUT2D eigenvalue weighted by Crippen LogP contribution is -2.31. The van der Waals surface area contributed by atoms with Gasteiger partial charge in [0, 0.05) is 24.0 Å². The topological polar surface area (TPSA) is 30.9 Å². The van der Waals surface area contributed by atoms with Gasteiger partial charge in [-0.05, 0) is 55.6 Å². The van der Waals surface area contributed by atoms with Gasteiger partial charge in [-0.3, -0.25) is 0 Å². The third-order valence-corrected chi connectivity index (χ3v) is 4.93. The van der Waals surface area contributed by atoms with E-state index in [2.05, 4.69) is 31.4 Å². The zero-order valence-electron chi connectivity index (χ0n) is 12.0. The van der Waals surface area contributed by atoms with Crippen LogP contribution in [0.25, 0.3) is 0 Å². The molecule has 1 heterocycles. The third-order valence-electron chi connectivity index (χ3n) is 4.93. The average molecular weight is 246 g/mol. The van der Waals surface area contributed by atoms with Crippen molar-refractivity contribution in [3.63, 3.8) is 0 Å². The summed E-state index contributed by atoms with van der Waals surface area (Å²) in [5, 5.41) is 0. The van der Waals surface area contributed by atoms with Gasteiger partial charge >= 0.3 is 0 Å². The Labute approximate surface area is 111 Å². The highest BCUT2D eigenvalue weighted by molar-refractivity contribution is 5.34. The van der Waals surface area contributed by atoms with E-state index in [0.29, 0.717) is 5.41 Å². The van der Waals surface area contributed by atoms with E-state index in [0.717, 1.165) is 12.3 Å². The predicted molar refractivity (Wildman–Crippen MR) is 75.5 cm³/mol. The van der Waals surface area contributed by atoms with Crippen LogP contribution in [0.4, 0.5) is 0 Å². The second kappa shape index (κ2) is 4.12. The number of hydrogen-bond acceptors (Lipinski definition) is 1. The van der Waals surface area contributed by atoms with Crippen LogP contribution in [0.2, 0.25) is 0 Å². The van der Waals surface area contributed by atoms with Gasteiger partial charge in [0.1, 0.15) is 0 Å². The SMILES string of the molecule is Cc1cc2c(n1CC1CCC1)CC(C)(C)CC2N. The van der Waals surface area contributed by atoms with Gasteiger partial charge in [0.2, 0.25) is 0 Å². The van der Waals surface area contributed by atoms with E-state index in [1.807, 2.05) is 0 Å². The molecule has 0 aliphatic heterocycles. The first-order valence-electron chi connectivity index (χ1n) is 7.41. The van der Waals surface area contributed by atoms with Crippen LogP contribution in [-0.4, -0.2) is 4.57 Å². The van der Waals surface area contributed by atoms with Crippen LogP contribution in [0.1, 0.15) is 62.5 Å². The van der Waals surface area contributed by atoms with Crippen molar-refractivity contribution < 1.29 is 0 Å². The lowest BCUT2D eigenvalue weighted by atomic mass is 9.74. The van der Waals surface area contributed by atoms with Gasteiger partial charge in [-0.15, -0.1) is 0 Å². The predicted octanol–water partition coefficient (Wildman–Crippen LogP) is 3.57. The number of fused-ring (bicyclic) bond motifs is 1. The van der Waals surface area contributed by atoms with Crippen molar-refractivity contribution in [2.45, 2.75) is 65.5 Å². The molecular weight excluding hydrogens is 220 g/mol. The zero-order valence-corrected chi connectivity index (χ0v) is 12.0. The summed E-state index contributed by atoms with van der Waals surface area (Å²) in [7, 11) is 0. The molecule has 1 unspecified atom stereocenters. The molecule has 1 saturated carbocycles. The van der Waals surface area contributed by atoms with Gasteiger partial charge in [0.15, 0.2) is 0 Å². The first-order chi connectivity index (χ1) is 8.46. The van der Waals surface area contributed by atoms with E-state index in [9.17, 15) is 0 Å². The maximum absolute atomic E-state index is 6.37. The maximum Gasteiger partial charge on any atom is 0.0318 e. The van der Waals surface area contributed by atoms with E-state index in [1.165, 1.54) is 49.2 Å². The quantitative estimate of drug-likeness (QED) is 0.849. The van der Waals surface area contributed by atoms with Crippen LogP contribution in [0.5, 0.6) is 0 Å². The fourth-order valence-electron chi connectivity index (χ4n) is 3.69. The van der Waals surface area contributed by atoms with E-state index in [-0.39, 0.29) is 6.04 Å². The van der Waals surface area contributed by atoms with Crippen LogP contribution >= 0.6 is 0 Å². The Bertz CT molecular complexity index is 452. The van der Waals surface area contributed by atoms with Crippen molar-refractivity contribution in [2.75, 3.05) is 0 Å². The molecule has 2 N–H and O–H groups in total. The summed E-state index contributed by atoms with van der Waals surface area (Å²) in [4.78, 5) is 0. The smallest absolute Gasteiger partial charge is 0.0318 e. The second-order valence-corrected chi connectivity index (χ2v) is 7.25. The molecule has 0 aromatic carbocycles. The Balaban J connectivity index is 1.94. The summed E-state index contributed by atoms with van der Waals surface area (Å²) in [6.45, 7) is 8.18. The van der Waals surface area contributed by atoms with Crippen molar-refractivity contribution >= 4 is 0 Å². The minimum atomic E-state index is 0.241. The highest BCUT2D eigenvalue weighted by Crippen LogP contribution is 2.41. The number of aromatic nitrogens is 1. The van der Waals surface area contributed by atoms with Gasteiger partial charge < -0.3 is 10.3 Å². The zero-order chi connectivity index (χ0) is 12.9. The van der Waals surface area contributed by atoms with Gasteiger partial charge in [-0.25, -0.2) is 0 Å². The lowest BCUT2D eigenvalue weighted by molar-refractivity contribution is 0.250. The molecule has 18 heavy (non-hydrogen) atoms. The van der Waals surface area contributed by atoms with Crippen LogP contribution in [-0.2, 0) is 13.0 Å². The highest BCUT2D eigenvalue weighted by atomic mass is 15.0. The molecule has 1 atom stereocenters. The van der Waals surface area contributed by atoms with Crippen molar-refractivity contribution in [3.8, 4) is 0 Å². The van der Waals surface area contributed by atoms with Crippen LogP contribution in [0.3, 0.4) is 0 Å². The average Bonchev–Trinajstić information content (AvgIpc) is 2.48. The van der Waals surface area contributed by atoms with Crippen LogP contribution < -0.4 is 5.73 Å². The molecule has 1 aromatic heterocycles. The molecule has 1 aromatic rings. The summed E-state index contributed by atoms with van der Waals surface area (Å²) in [5.41, 5.74) is 11.1. The number of nitrogens with zero attached hydrogens (tertiary/aromatic N) is 1. The fraction of sp³-hybridized carbons (Fsp3) is 0.750. The van der Waals surface area contributed by atoms with E-state index in [4.69, 9.17) is 5.73 Å². The molecule has 0 bridgehead atoms. The summed E-state index contributed by atoms with van der Waals surface area (Å²) in [5.74, 6) is 0.918. The van der Waals surface area contributed by atoms with Crippen molar-refractivity contribution in [3.05, 3.63) is 23.0 Å². The van der Waals surface area contributed by atoms with Crippen molar-refractivity contribution in [1.29, 1.82) is 0 Å². The Kier molecular flexibility index (Phi) is 2.81. The Morgan fingerprint density at radius 3 is 2.72 bits per heavy atom. The minimum Gasteiger partial charge on any atom is -0.348 e. The molecule has 0 amide bonds. The van der Waals surface area contributed by atoms with Crippen LogP contribution in [0.15, 0.2) is 6.07 Å². The first kappa shape index (κ1) is 12.3. The number of hydrogen-bond donors (Lipinski definition) is 1. The lowest BCUT2D eigenvalue weighted by Gasteiger charge is -2.35. The molecular formula is C16H26N2. The van der Waals surface area contributed by atoms with Crippen molar-refractivity contribution in [2.24, 2.45) is 17.1 Å². The molecule has 3 rings (SSSR count). The Morgan fingerprint density at radius 1 is 1.39 bits per heavy atom. The fourth-order valence-corrected chi connectivity index (χ4v) is 3.69. The minimum absolute atomic E-state index is 0.241. The molecule has 2 aliphatic rings. The maximum atomic E-state index is 6.37. The summed E-state index contributed by atoms with van der Waals surface area (Å²) in [6.07, 6.45) is 6.57. The second-order valence-electron chi connectivity index (χ2n) is 7.25. The summed E-state index contributed by atoms with van der Waals surface area (Å²) in [6, 6.07) is 2.58. The molecule has 2 heteroatoms. The molecule has 0 radical (unpaired) electrons. The van der Waals surface area contributed by atoms with Crippen molar-refractivity contribution in [1.82, 2.24) is 4.57 Å². The van der Waals surface area contributed by atoms with E-state index < -0.39 is 0 Å². The van der Waals surface area contributed by atoms with Gasteiger partial charge in [-0.1, -0.05) is 20.3 Å². The summed E-state index contributed by atoms with van der Waals surface area (Å²) >= 11 is 0. The van der Waals surface area contributed by atoms with E-state index in [1.54, 1.807) is 0 Å². The Hall–Kier alpha value is -0.760. The monoisotopic (exact) mass is 246 g/mol. The normalized spacial score (nSPS) is 26.8. The standard InChI is InChI=1S/C16H26N2/c1-11-7-13-14(17)8-16(2,3)9-15(13)18(11)10-12-5-4-6-12/h7,12,14H,4-6,8-10,17H2,1-3H3. The molecule has 1 fully saturated rings. The highest BCUT2D eigenvalue weighted by Gasteiger charge is 2.33. The van der Waals surface area contributed by atoms with Gasteiger partial charge in [0.05, 0.1) is 0 Å². The number of nitrogens with two attached hydrogens (primary N) is 1. The van der Waals surface area contributed by atoms with Gasteiger partial charge in [0.25, 0.3) is 0 Å². The Morgan fingerprint density at radius 2 is 2.11 bits per heavy atom. The molecule has 0 spiro atoms. The van der Waals surface area contributed by atoms with E-state index >= 15 is 0 Å². The molecule has 2 nitrogen and oxygen atoms in total. The molecule has 0 saturated heterocycles. The molecule has 2 aliphatic carbocycles. The third kappa shape index (κ3) is 2.01. The van der Waals surface area contributed by atoms with Crippen LogP contribution in [0, 0.1) is 18.3 Å².